The minimum Gasteiger partial charge on any atom is -0.316 e. The molecule has 0 aliphatic carbocycles. The largest absolute Gasteiger partial charge is 0.316 e. The van der Waals surface area contributed by atoms with Crippen LogP contribution >= 0.6 is 0 Å². The van der Waals surface area contributed by atoms with Gasteiger partial charge in [0.15, 0.2) is 0 Å². The SMILES string of the molecule is CCn1cc(C(C)C)ccc1=O. The molecular formula is C10H15NO. The topological polar surface area (TPSA) is 22.0 Å². The summed E-state index contributed by atoms with van der Waals surface area (Å²) in [6.07, 6.45) is 1.94. The van der Waals surface area contributed by atoms with Gasteiger partial charge in [-0.2, -0.15) is 0 Å². The number of hydrogen-bond acceptors (Lipinski definition) is 1. The summed E-state index contributed by atoms with van der Waals surface area (Å²) in [5.74, 6) is 0.489. The zero-order chi connectivity index (χ0) is 9.14. The number of nitrogens with zero attached hydrogens (tertiary/aromatic N) is 1. The van der Waals surface area contributed by atoms with Gasteiger partial charge in [-0.05, 0) is 18.4 Å². The number of rotatable bonds is 2. The highest BCUT2D eigenvalue weighted by atomic mass is 16.1. The minimum atomic E-state index is 0.0851. The maximum atomic E-state index is 11.2. The minimum absolute atomic E-state index is 0.0851. The van der Waals surface area contributed by atoms with E-state index in [2.05, 4.69) is 13.8 Å². The molecule has 1 rings (SSSR count). The summed E-state index contributed by atoms with van der Waals surface area (Å²) < 4.78 is 1.73. The van der Waals surface area contributed by atoms with Crippen molar-refractivity contribution in [1.82, 2.24) is 4.57 Å². The Morgan fingerprint density at radius 1 is 1.42 bits per heavy atom. The van der Waals surface area contributed by atoms with Crippen LogP contribution in [0.15, 0.2) is 23.1 Å². The molecule has 0 N–H and O–H groups in total. The number of aromatic nitrogens is 1. The Labute approximate surface area is 72.8 Å². The van der Waals surface area contributed by atoms with E-state index in [0.717, 1.165) is 6.54 Å². The van der Waals surface area contributed by atoms with Crippen LogP contribution in [0.5, 0.6) is 0 Å². The molecule has 0 spiro atoms. The van der Waals surface area contributed by atoms with Crippen molar-refractivity contribution in [2.75, 3.05) is 0 Å². The van der Waals surface area contributed by atoms with E-state index in [1.807, 2.05) is 19.2 Å². The van der Waals surface area contributed by atoms with Crippen molar-refractivity contribution in [3.05, 3.63) is 34.2 Å². The lowest BCUT2D eigenvalue weighted by Crippen LogP contribution is -2.17. The van der Waals surface area contributed by atoms with Gasteiger partial charge in [0.05, 0.1) is 0 Å². The van der Waals surface area contributed by atoms with Gasteiger partial charge in [-0.15, -0.1) is 0 Å². The van der Waals surface area contributed by atoms with Gasteiger partial charge < -0.3 is 4.57 Å². The lowest BCUT2D eigenvalue weighted by molar-refractivity contribution is 0.706. The first kappa shape index (κ1) is 9.04. The van der Waals surface area contributed by atoms with Gasteiger partial charge in [0.25, 0.3) is 5.56 Å². The molecule has 0 fully saturated rings. The fraction of sp³-hybridized carbons (Fsp3) is 0.500. The Hall–Kier alpha value is -1.05. The van der Waals surface area contributed by atoms with E-state index in [1.165, 1.54) is 5.56 Å². The van der Waals surface area contributed by atoms with Crippen molar-refractivity contribution in [3.63, 3.8) is 0 Å². The molecule has 0 radical (unpaired) electrons. The second kappa shape index (κ2) is 3.57. The van der Waals surface area contributed by atoms with Crippen LogP contribution in [0.2, 0.25) is 0 Å². The Morgan fingerprint density at radius 3 is 2.58 bits per heavy atom. The molecule has 0 amide bonds. The van der Waals surface area contributed by atoms with E-state index in [-0.39, 0.29) is 5.56 Å². The smallest absolute Gasteiger partial charge is 0.250 e. The first-order valence-electron chi connectivity index (χ1n) is 4.35. The standard InChI is InChI=1S/C10H15NO/c1-4-11-7-9(8(2)3)5-6-10(11)12/h5-8H,4H2,1-3H3. The van der Waals surface area contributed by atoms with Crippen LogP contribution in [0.1, 0.15) is 32.3 Å². The fourth-order valence-electron chi connectivity index (χ4n) is 1.14. The van der Waals surface area contributed by atoms with E-state index in [0.29, 0.717) is 5.92 Å². The number of pyridine rings is 1. The molecule has 2 nitrogen and oxygen atoms in total. The predicted octanol–water partition coefficient (Wildman–Crippen LogP) is 1.99. The van der Waals surface area contributed by atoms with Crippen LogP contribution in [0.4, 0.5) is 0 Å². The van der Waals surface area contributed by atoms with Crippen LogP contribution in [0.25, 0.3) is 0 Å². The van der Waals surface area contributed by atoms with Crippen LogP contribution in [0.3, 0.4) is 0 Å². The maximum absolute atomic E-state index is 11.2. The molecule has 12 heavy (non-hydrogen) atoms. The van der Waals surface area contributed by atoms with Crippen molar-refractivity contribution < 1.29 is 0 Å². The molecule has 66 valence electrons. The third kappa shape index (κ3) is 1.76. The molecule has 0 unspecified atom stereocenters. The molecule has 1 heterocycles. The molecule has 2 heteroatoms. The number of hydrogen-bond donors (Lipinski definition) is 0. The molecule has 1 aromatic heterocycles. The zero-order valence-electron chi connectivity index (χ0n) is 7.87. The molecule has 0 aliphatic heterocycles. The van der Waals surface area contributed by atoms with Gasteiger partial charge in [-0.3, -0.25) is 4.79 Å². The second-order valence-corrected chi connectivity index (χ2v) is 3.24. The van der Waals surface area contributed by atoms with Gasteiger partial charge >= 0.3 is 0 Å². The summed E-state index contributed by atoms with van der Waals surface area (Å²) in [4.78, 5) is 11.2. The van der Waals surface area contributed by atoms with Gasteiger partial charge in [-0.1, -0.05) is 19.9 Å². The van der Waals surface area contributed by atoms with Crippen LogP contribution in [0, 0.1) is 0 Å². The molecule has 0 bridgehead atoms. The first-order chi connectivity index (χ1) is 5.65. The fourth-order valence-corrected chi connectivity index (χ4v) is 1.14. The predicted molar refractivity (Wildman–Crippen MR) is 50.5 cm³/mol. The van der Waals surface area contributed by atoms with E-state index in [4.69, 9.17) is 0 Å². The highest BCUT2D eigenvalue weighted by molar-refractivity contribution is 5.13. The lowest BCUT2D eigenvalue weighted by atomic mass is 10.1. The van der Waals surface area contributed by atoms with Crippen LogP contribution < -0.4 is 5.56 Å². The van der Waals surface area contributed by atoms with E-state index in [1.54, 1.807) is 10.6 Å². The summed E-state index contributed by atoms with van der Waals surface area (Å²) in [5, 5.41) is 0. The maximum Gasteiger partial charge on any atom is 0.250 e. The molecule has 0 aliphatic rings. The summed E-state index contributed by atoms with van der Waals surface area (Å²) in [6, 6.07) is 3.54. The average Bonchev–Trinajstić information content (AvgIpc) is 2.05. The molecular weight excluding hydrogens is 150 g/mol. The quantitative estimate of drug-likeness (QED) is 0.657. The number of aryl methyl sites for hydroxylation is 1. The highest BCUT2D eigenvalue weighted by Crippen LogP contribution is 2.10. The first-order valence-corrected chi connectivity index (χ1v) is 4.35. The molecule has 0 saturated carbocycles. The van der Waals surface area contributed by atoms with Crippen molar-refractivity contribution >= 4 is 0 Å². The van der Waals surface area contributed by atoms with E-state index in [9.17, 15) is 4.79 Å². The van der Waals surface area contributed by atoms with Gasteiger partial charge in [0, 0.05) is 18.8 Å². The van der Waals surface area contributed by atoms with Crippen molar-refractivity contribution in [1.29, 1.82) is 0 Å². The highest BCUT2D eigenvalue weighted by Gasteiger charge is 2.00. The Balaban J connectivity index is 3.14. The van der Waals surface area contributed by atoms with Crippen molar-refractivity contribution in [3.8, 4) is 0 Å². The summed E-state index contributed by atoms with van der Waals surface area (Å²) in [6.45, 7) is 6.98. The monoisotopic (exact) mass is 165 g/mol. The zero-order valence-corrected chi connectivity index (χ0v) is 7.87. The van der Waals surface area contributed by atoms with Crippen LogP contribution in [-0.2, 0) is 6.54 Å². The molecule has 0 aromatic carbocycles. The van der Waals surface area contributed by atoms with Crippen molar-refractivity contribution in [2.45, 2.75) is 33.2 Å². The summed E-state index contributed by atoms with van der Waals surface area (Å²) >= 11 is 0. The Kier molecular flexibility index (Phi) is 2.69. The Morgan fingerprint density at radius 2 is 2.08 bits per heavy atom. The van der Waals surface area contributed by atoms with E-state index < -0.39 is 0 Å². The third-order valence-corrected chi connectivity index (χ3v) is 2.01. The second-order valence-electron chi connectivity index (χ2n) is 3.24. The molecule has 0 atom stereocenters. The third-order valence-electron chi connectivity index (χ3n) is 2.01. The molecule has 1 aromatic rings. The summed E-state index contributed by atoms with van der Waals surface area (Å²) in [5.41, 5.74) is 1.30. The van der Waals surface area contributed by atoms with Crippen molar-refractivity contribution in [2.24, 2.45) is 0 Å². The summed E-state index contributed by atoms with van der Waals surface area (Å²) in [7, 11) is 0. The normalized spacial score (nSPS) is 10.7. The Bertz CT molecular complexity index is 312. The van der Waals surface area contributed by atoms with Gasteiger partial charge in [0.2, 0.25) is 0 Å². The van der Waals surface area contributed by atoms with Gasteiger partial charge in [-0.25, -0.2) is 0 Å². The lowest BCUT2D eigenvalue weighted by Gasteiger charge is -2.07. The average molecular weight is 165 g/mol. The van der Waals surface area contributed by atoms with Crippen LogP contribution in [-0.4, -0.2) is 4.57 Å². The molecule has 0 saturated heterocycles. The van der Waals surface area contributed by atoms with Gasteiger partial charge in [0.1, 0.15) is 0 Å². The van der Waals surface area contributed by atoms with E-state index >= 15 is 0 Å².